The molecule has 2 aliphatic rings. The molecule has 0 aliphatic carbocycles. The lowest BCUT2D eigenvalue weighted by molar-refractivity contribution is 0.386. The van der Waals surface area contributed by atoms with Crippen LogP contribution in [-0.2, 0) is 0 Å². The van der Waals surface area contributed by atoms with Crippen LogP contribution in [0, 0.1) is 0 Å². The van der Waals surface area contributed by atoms with Crippen LogP contribution in [0.25, 0.3) is 0 Å². The minimum absolute atomic E-state index is 1.68. The molecule has 12 nitrogen and oxygen atoms in total. The van der Waals surface area contributed by atoms with Gasteiger partial charge in [0, 0.05) is 0 Å². The van der Waals surface area contributed by atoms with E-state index in [1.54, 1.807) is 0 Å². The normalized spacial score (nSPS) is 25.6. The maximum absolute atomic E-state index is 5.41. The molecule has 0 unspecified atom stereocenters. The zero-order chi connectivity index (χ0) is 10.1. The van der Waals surface area contributed by atoms with Gasteiger partial charge in [-0.25, -0.2) is 0 Å². The van der Waals surface area contributed by atoms with E-state index in [0.717, 1.165) is 0 Å². The molecule has 14 heavy (non-hydrogen) atoms. The number of azo groups is 1. The van der Waals surface area contributed by atoms with E-state index in [4.69, 9.17) is 11.5 Å². The van der Waals surface area contributed by atoms with Crippen molar-refractivity contribution in [3.63, 3.8) is 0 Å². The van der Waals surface area contributed by atoms with Crippen molar-refractivity contribution < 1.29 is 0 Å². The van der Waals surface area contributed by atoms with E-state index < -0.39 is 11.8 Å². The van der Waals surface area contributed by atoms with Crippen LogP contribution in [0.4, 0.5) is 0 Å². The molecule has 0 atom stereocenters. The van der Waals surface area contributed by atoms with Crippen molar-refractivity contribution in [1.29, 1.82) is 0 Å². The summed E-state index contributed by atoms with van der Waals surface area (Å²) in [6.45, 7) is 0. The van der Waals surface area contributed by atoms with Gasteiger partial charge < -0.3 is 0 Å². The Kier molecular flexibility index (Phi) is 1.65. The molecule has 12 heteroatoms. The first kappa shape index (κ1) is 8.52. The van der Waals surface area contributed by atoms with E-state index in [1.165, 1.54) is 0 Å². The van der Waals surface area contributed by atoms with Gasteiger partial charge in [0.25, 0.3) is 0 Å². The van der Waals surface area contributed by atoms with Crippen LogP contribution in [-0.4, -0.2) is 11.8 Å². The van der Waals surface area contributed by atoms with E-state index >= 15 is 0 Å². The molecule has 0 saturated carbocycles. The van der Waals surface area contributed by atoms with Crippen LogP contribution in [0.5, 0.6) is 0 Å². The topological polar surface area (TPSA) is 176 Å². The quantitative estimate of drug-likeness (QED) is 0.601. The lowest BCUT2D eigenvalue weighted by Gasteiger charge is -2.08. The Labute approximate surface area is 75.9 Å². The molecule has 0 radical (unpaired) electrons. The highest BCUT2D eigenvalue weighted by atomic mass is 15.7. The number of nitrogens with zero attached hydrogens (tertiary/aromatic N) is 10. The van der Waals surface area contributed by atoms with Gasteiger partial charge in [-0.2, -0.15) is 0 Å². The van der Waals surface area contributed by atoms with Crippen molar-refractivity contribution in [3.05, 3.63) is 0 Å². The Morgan fingerprint density at radius 1 is 0.643 bits per heavy atom. The molecular formula is C2H4N12. The van der Waals surface area contributed by atoms with Gasteiger partial charge in [0.2, 0.25) is 0 Å². The van der Waals surface area contributed by atoms with Gasteiger partial charge >= 0.3 is 11.8 Å². The summed E-state index contributed by atoms with van der Waals surface area (Å²) in [5.41, 5.74) is 10.8. The largest absolute Gasteiger partial charge is 0.359 e. The Hall–Kier alpha value is -2.08. The third kappa shape index (κ3) is 1.50. The van der Waals surface area contributed by atoms with Gasteiger partial charge in [0.05, 0.1) is 0 Å². The predicted molar refractivity (Wildman–Crippen MR) is 38.1 cm³/mol. The first-order valence-electron chi connectivity index (χ1n) is 3.32. The minimum atomic E-state index is -1.68. The minimum Gasteiger partial charge on any atom is -0.264 e. The fraction of sp³-hybridized carbons (Fsp3) is 1.00. The van der Waals surface area contributed by atoms with E-state index in [0.29, 0.717) is 0 Å². The Morgan fingerprint density at radius 3 is 1.21 bits per heavy atom. The van der Waals surface area contributed by atoms with Gasteiger partial charge in [-0.05, 0) is 20.9 Å². The third-order valence-corrected chi connectivity index (χ3v) is 1.19. The van der Waals surface area contributed by atoms with Crippen LogP contribution >= 0.6 is 0 Å². The highest BCUT2D eigenvalue weighted by Gasteiger charge is 2.32. The van der Waals surface area contributed by atoms with Crippen LogP contribution in [0.15, 0.2) is 51.6 Å². The fourth-order valence-electron chi connectivity index (χ4n) is 0.610. The van der Waals surface area contributed by atoms with E-state index in [1.807, 2.05) is 0 Å². The predicted octanol–water partition coefficient (Wildman–Crippen LogP) is 0.245. The summed E-state index contributed by atoms with van der Waals surface area (Å²) in [4.78, 5) is 0. The molecule has 4 N–H and O–H groups in total. The lowest BCUT2D eigenvalue weighted by atomic mass is 10.7. The molecule has 0 saturated heterocycles. The van der Waals surface area contributed by atoms with Crippen molar-refractivity contribution in [2.75, 3.05) is 0 Å². The van der Waals surface area contributed by atoms with Crippen molar-refractivity contribution in [2.24, 2.45) is 63.0 Å². The average Bonchev–Trinajstić information content (AvgIpc) is 2.74. The van der Waals surface area contributed by atoms with Gasteiger partial charge in [-0.3, -0.25) is 11.5 Å². The molecule has 0 spiro atoms. The molecule has 0 amide bonds. The number of rotatable bonds is 2. The summed E-state index contributed by atoms with van der Waals surface area (Å²) in [6, 6.07) is 0. The van der Waals surface area contributed by atoms with E-state index in [2.05, 4.69) is 51.6 Å². The van der Waals surface area contributed by atoms with Crippen molar-refractivity contribution in [3.8, 4) is 0 Å². The van der Waals surface area contributed by atoms with Crippen LogP contribution in [0.1, 0.15) is 0 Å². The van der Waals surface area contributed by atoms with Gasteiger partial charge in [0.15, 0.2) is 0 Å². The molecule has 0 fully saturated rings. The first-order valence-corrected chi connectivity index (χ1v) is 3.32. The van der Waals surface area contributed by atoms with Gasteiger partial charge in [-0.1, -0.05) is 20.5 Å². The monoisotopic (exact) mass is 196 g/mol. The molecule has 2 heterocycles. The first-order chi connectivity index (χ1) is 6.62. The molecule has 72 valence electrons. The maximum atomic E-state index is 5.41. The smallest absolute Gasteiger partial charge is 0.264 e. The average molecular weight is 196 g/mol. The Balaban J connectivity index is 2.14. The molecule has 0 aromatic heterocycles. The summed E-state index contributed by atoms with van der Waals surface area (Å²) < 4.78 is 0. The van der Waals surface area contributed by atoms with Crippen molar-refractivity contribution in [2.45, 2.75) is 11.8 Å². The standard InChI is InChI=1S/C2H4N12/c3-1(7-11-12-8-1)5-6-2(4)9-13-14-10-2/h3-4H2. The fourth-order valence-corrected chi connectivity index (χ4v) is 0.610. The zero-order valence-corrected chi connectivity index (χ0v) is 6.63. The molecule has 2 aliphatic heterocycles. The molecule has 0 aromatic carbocycles. The number of nitrogens with two attached hydrogens (primary N) is 2. The molecule has 0 aromatic rings. The van der Waals surface area contributed by atoms with Crippen molar-refractivity contribution >= 4 is 0 Å². The summed E-state index contributed by atoms with van der Waals surface area (Å²) in [5.74, 6) is -3.36. The second-order valence-electron chi connectivity index (χ2n) is 2.33. The Morgan fingerprint density at radius 2 is 0.929 bits per heavy atom. The number of hydrogen-bond acceptors (Lipinski definition) is 12. The summed E-state index contributed by atoms with van der Waals surface area (Å²) in [6.07, 6.45) is 0. The zero-order valence-electron chi connectivity index (χ0n) is 6.63. The van der Waals surface area contributed by atoms with E-state index in [-0.39, 0.29) is 0 Å². The van der Waals surface area contributed by atoms with Gasteiger partial charge in [-0.15, -0.1) is 10.2 Å². The maximum Gasteiger partial charge on any atom is 0.359 e. The highest BCUT2D eigenvalue weighted by Crippen LogP contribution is 2.20. The summed E-state index contributed by atoms with van der Waals surface area (Å²) >= 11 is 0. The number of hydrogen-bond donors (Lipinski definition) is 2. The van der Waals surface area contributed by atoms with Crippen molar-refractivity contribution in [1.82, 2.24) is 0 Å². The lowest BCUT2D eigenvalue weighted by Crippen LogP contribution is -2.34. The highest BCUT2D eigenvalue weighted by molar-refractivity contribution is 4.77. The summed E-state index contributed by atoms with van der Waals surface area (Å²) in [5, 5.41) is 33.0. The van der Waals surface area contributed by atoms with Crippen LogP contribution in [0.2, 0.25) is 0 Å². The SMILES string of the molecule is NC1(N=NC2(N)N=NN=N2)N=NN=N1. The van der Waals surface area contributed by atoms with Gasteiger partial charge in [0.1, 0.15) is 0 Å². The summed E-state index contributed by atoms with van der Waals surface area (Å²) in [7, 11) is 0. The van der Waals surface area contributed by atoms with Crippen LogP contribution < -0.4 is 11.5 Å². The van der Waals surface area contributed by atoms with Crippen LogP contribution in [0.3, 0.4) is 0 Å². The Bertz CT molecular complexity index is 310. The second-order valence-corrected chi connectivity index (χ2v) is 2.33. The molecule has 2 rings (SSSR count). The van der Waals surface area contributed by atoms with E-state index in [9.17, 15) is 0 Å². The third-order valence-electron chi connectivity index (χ3n) is 1.19. The molecular weight excluding hydrogens is 192 g/mol. The second kappa shape index (κ2) is 2.71. The molecule has 0 bridgehead atoms.